The minimum absolute atomic E-state index is 0.437. The predicted molar refractivity (Wildman–Crippen MR) is 77.1 cm³/mol. The smallest absolute Gasteiger partial charge is 0.134 e. The highest BCUT2D eigenvalue weighted by molar-refractivity contribution is 5.48. The summed E-state index contributed by atoms with van der Waals surface area (Å²) in [6.45, 7) is 4.05. The minimum atomic E-state index is -0.437. The second kappa shape index (κ2) is 5.49. The molecule has 3 nitrogen and oxygen atoms in total. The van der Waals surface area contributed by atoms with Crippen LogP contribution in [-0.2, 0) is 0 Å². The van der Waals surface area contributed by atoms with Crippen LogP contribution in [0.5, 0.6) is 0 Å². The fraction of sp³-hybridized carbons (Fsp3) is 0.688. The van der Waals surface area contributed by atoms with Crippen molar-refractivity contribution < 1.29 is 5.11 Å². The van der Waals surface area contributed by atoms with E-state index in [1.165, 1.54) is 32.1 Å². The number of aliphatic hydroxyl groups excluding tert-OH is 1. The Hall–Kier alpha value is -1.09. The zero-order valence-electron chi connectivity index (χ0n) is 11.8. The molecule has 1 aromatic rings. The van der Waals surface area contributed by atoms with Gasteiger partial charge >= 0.3 is 0 Å². The van der Waals surface area contributed by atoms with Crippen LogP contribution in [0.3, 0.4) is 0 Å². The molecule has 0 amide bonds. The lowest BCUT2D eigenvalue weighted by Gasteiger charge is -2.42. The molecule has 3 heteroatoms. The van der Waals surface area contributed by atoms with Gasteiger partial charge in [-0.05, 0) is 37.7 Å². The SMILES string of the molecule is C[C@@H](O)c1cccnc1N1CCC2CCCCC2C1. The minimum Gasteiger partial charge on any atom is -0.389 e. The summed E-state index contributed by atoms with van der Waals surface area (Å²) in [5.74, 6) is 2.77. The van der Waals surface area contributed by atoms with Crippen LogP contribution in [0.4, 0.5) is 5.82 Å². The molecular formula is C16H24N2O. The van der Waals surface area contributed by atoms with Crippen LogP contribution in [0.15, 0.2) is 18.3 Å². The highest BCUT2D eigenvalue weighted by Crippen LogP contribution is 2.38. The molecule has 1 N–H and O–H groups in total. The zero-order chi connectivity index (χ0) is 13.2. The van der Waals surface area contributed by atoms with Gasteiger partial charge < -0.3 is 10.0 Å². The van der Waals surface area contributed by atoms with E-state index >= 15 is 0 Å². The van der Waals surface area contributed by atoms with Gasteiger partial charge in [-0.25, -0.2) is 4.98 Å². The molecule has 3 rings (SSSR count). The van der Waals surface area contributed by atoms with E-state index in [9.17, 15) is 5.11 Å². The van der Waals surface area contributed by atoms with Gasteiger partial charge in [0.05, 0.1) is 6.10 Å². The molecule has 2 unspecified atom stereocenters. The number of hydrogen-bond donors (Lipinski definition) is 1. The first-order valence-electron chi connectivity index (χ1n) is 7.63. The molecule has 1 saturated heterocycles. The van der Waals surface area contributed by atoms with Gasteiger partial charge in [-0.15, -0.1) is 0 Å². The van der Waals surface area contributed by atoms with Crippen molar-refractivity contribution in [3.05, 3.63) is 23.9 Å². The van der Waals surface area contributed by atoms with Crippen LogP contribution in [0.25, 0.3) is 0 Å². The second-order valence-corrected chi connectivity index (χ2v) is 6.13. The average Bonchev–Trinajstić information content (AvgIpc) is 2.46. The van der Waals surface area contributed by atoms with E-state index in [2.05, 4.69) is 9.88 Å². The summed E-state index contributed by atoms with van der Waals surface area (Å²) in [5, 5.41) is 9.90. The average molecular weight is 260 g/mol. The molecule has 0 bridgehead atoms. The number of fused-ring (bicyclic) bond motifs is 1. The van der Waals surface area contributed by atoms with E-state index in [4.69, 9.17) is 0 Å². The first kappa shape index (κ1) is 12.9. The topological polar surface area (TPSA) is 36.4 Å². The Kier molecular flexibility index (Phi) is 3.74. The number of rotatable bonds is 2. The zero-order valence-corrected chi connectivity index (χ0v) is 11.8. The molecule has 1 aromatic heterocycles. The lowest BCUT2D eigenvalue weighted by molar-refractivity contribution is 0.192. The van der Waals surface area contributed by atoms with Gasteiger partial charge in [0, 0.05) is 24.8 Å². The standard InChI is InChI=1S/C16H24N2O/c1-12(19)15-7-4-9-17-16(15)18-10-8-13-5-2-3-6-14(13)11-18/h4,7,9,12-14,19H,2-3,5-6,8,10-11H2,1H3/t12-,13?,14?/m1/s1. The van der Waals surface area contributed by atoms with E-state index in [1.807, 2.05) is 25.3 Å². The molecule has 19 heavy (non-hydrogen) atoms. The molecular weight excluding hydrogens is 236 g/mol. The summed E-state index contributed by atoms with van der Waals surface area (Å²) < 4.78 is 0. The summed E-state index contributed by atoms with van der Waals surface area (Å²) in [4.78, 5) is 6.92. The third kappa shape index (κ3) is 2.62. The fourth-order valence-electron chi connectivity index (χ4n) is 3.79. The van der Waals surface area contributed by atoms with Crippen molar-refractivity contribution in [1.29, 1.82) is 0 Å². The first-order valence-corrected chi connectivity index (χ1v) is 7.63. The number of pyridine rings is 1. The highest BCUT2D eigenvalue weighted by Gasteiger charge is 2.32. The largest absolute Gasteiger partial charge is 0.389 e. The summed E-state index contributed by atoms with van der Waals surface area (Å²) in [6.07, 6.45) is 8.30. The van der Waals surface area contributed by atoms with Crippen LogP contribution >= 0.6 is 0 Å². The van der Waals surface area contributed by atoms with E-state index in [-0.39, 0.29) is 0 Å². The summed E-state index contributed by atoms with van der Waals surface area (Å²) in [6, 6.07) is 3.92. The quantitative estimate of drug-likeness (QED) is 0.887. The van der Waals surface area contributed by atoms with Crippen molar-refractivity contribution in [2.45, 2.75) is 45.1 Å². The number of anilines is 1. The van der Waals surface area contributed by atoms with Crippen molar-refractivity contribution in [2.75, 3.05) is 18.0 Å². The Morgan fingerprint density at radius 1 is 1.26 bits per heavy atom. The maximum Gasteiger partial charge on any atom is 0.134 e. The predicted octanol–water partition coefficient (Wildman–Crippen LogP) is 3.15. The highest BCUT2D eigenvalue weighted by atomic mass is 16.3. The third-order valence-corrected chi connectivity index (χ3v) is 4.86. The number of piperidine rings is 1. The molecule has 0 radical (unpaired) electrons. The van der Waals surface area contributed by atoms with E-state index in [0.29, 0.717) is 0 Å². The lowest BCUT2D eigenvalue weighted by atomic mass is 9.75. The molecule has 2 heterocycles. The Balaban J connectivity index is 1.79. The van der Waals surface area contributed by atoms with Crippen LogP contribution in [0, 0.1) is 11.8 Å². The van der Waals surface area contributed by atoms with Gasteiger partial charge in [0.1, 0.15) is 5.82 Å². The van der Waals surface area contributed by atoms with Gasteiger partial charge in [-0.3, -0.25) is 0 Å². The molecule has 1 aliphatic carbocycles. The van der Waals surface area contributed by atoms with E-state index in [1.54, 1.807) is 0 Å². The second-order valence-electron chi connectivity index (χ2n) is 6.13. The summed E-state index contributed by atoms with van der Waals surface area (Å²) >= 11 is 0. The van der Waals surface area contributed by atoms with Gasteiger partial charge in [-0.1, -0.05) is 25.3 Å². The molecule has 0 aromatic carbocycles. The van der Waals surface area contributed by atoms with Crippen molar-refractivity contribution in [3.63, 3.8) is 0 Å². The molecule has 1 saturated carbocycles. The Morgan fingerprint density at radius 2 is 2.05 bits per heavy atom. The van der Waals surface area contributed by atoms with Crippen molar-refractivity contribution >= 4 is 5.82 Å². The van der Waals surface area contributed by atoms with Crippen LogP contribution in [0.1, 0.15) is 50.7 Å². The first-order chi connectivity index (χ1) is 9.25. The Labute approximate surface area is 115 Å². The maximum atomic E-state index is 9.90. The van der Waals surface area contributed by atoms with Crippen molar-refractivity contribution in [1.82, 2.24) is 4.98 Å². The molecule has 104 valence electrons. The van der Waals surface area contributed by atoms with Gasteiger partial charge in [0.15, 0.2) is 0 Å². The molecule has 1 aliphatic heterocycles. The van der Waals surface area contributed by atoms with Gasteiger partial charge in [0.25, 0.3) is 0 Å². The molecule has 2 fully saturated rings. The fourth-order valence-corrected chi connectivity index (χ4v) is 3.79. The van der Waals surface area contributed by atoms with Gasteiger partial charge in [0.2, 0.25) is 0 Å². The lowest BCUT2D eigenvalue weighted by Crippen LogP contribution is -2.42. The van der Waals surface area contributed by atoms with Crippen LogP contribution < -0.4 is 4.90 Å². The van der Waals surface area contributed by atoms with Crippen molar-refractivity contribution in [2.24, 2.45) is 11.8 Å². The Bertz CT molecular complexity index is 433. The normalized spacial score (nSPS) is 28.8. The summed E-state index contributed by atoms with van der Waals surface area (Å²) in [7, 11) is 0. The molecule has 0 spiro atoms. The van der Waals surface area contributed by atoms with Gasteiger partial charge in [-0.2, -0.15) is 0 Å². The number of hydrogen-bond acceptors (Lipinski definition) is 3. The van der Waals surface area contributed by atoms with Crippen molar-refractivity contribution in [3.8, 4) is 0 Å². The Morgan fingerprint density at radius 3 is 2.84 bits per heavy atom. The van der Waals surface area contributed by atoms with E-state index < -0.39 is 6.10 Å². The number of aliphatic hydroxyl groups is 1. The molecule has 2 aliphatic rings. The van der Waals surface area contributed by atoms with Crippen LogP contribution in [0.2, 0.25) is 0 Å². The third-order valence-electron chi connectivity index (χ3n) is 4.86. The van der Waals surface area contributed by atoms with Crippen LogP contribution in [-0.4, -0.2) is 23.2 Å². The number of aromatic nitrogens is 1. The summed E-state index contributed by atoms with van der Waals surface area (Å²) in [5.41, 5.74) is 0.969. The maximum absolute atomic E-state index is 9.90. The molecule has 3 atom stereocenters. The monoisotopic (exact) mass is 260 g/mol. The number of nitrogens with zero attached hydrogens (tertiary/aromatic N) is 2. The van der Waals surface area contributed by atoms with E-state index in [0.717, 1.165) is 36.3 Å².